The number of hydrogen-bond acceptors (Lipinski definition) is 6. The van der Waals surface area contributed by atoms with Crippen LogP contribution in [0.25, 0.3) is 22.3 Å². The standard InChI is InChI=1S/C22H28N4O5S/c1-13-19-18(20(24-13)14-6-4-3-5-7-14)22(28)26-21(25-19)16-9-8-15(12-17(16)31-2)32(29,30)23-10-11-27/h8-9,12,14,23-24,27H,3-7,10-11H2,1-2H3,(H,25,26,28). The lowest BCUT2D eigenvalue weighted by atomic mass is 9.86. The minimum atomic E-state index is -3.80. The zero-order chi connectivity index (χ0) is 22.9. The molecule has 4 N–H and O–H groups in total. The van der Waals surface area contributed by atoms with E-state index < -0.39 is 10.0 Å². The van der Waals surface area contributed by atoms with Crippen molar-refractivity contribution >= 4 is 20.9 Å². The van der Waals surface area contributed by atoms with Gasteiger partial charge in [-0.1, -0.05) is 19.3 Å². The highest BCUT2D eigenvalue weighted by Crippen LogP contribution is 2.36. The highest BCUT2D eigenvalue weighted by Gasteiger charge is 2.24. The monoisotopic (exact) mass is 460 g/mol. The SMILES string of the molecule is COc1cc(S(=O)(=O)NCCO)ccc1-c1nc2c(C)[nH]c(C3CCCCC3)c2c(=O)[nH]1. The van der Waals surface area contributed by atoms with Crippen LogP contribution >= 0.6 is 0 Å². The predicted molar refractivity (Wildman–Crippen MR) is 122 cm³/mol. The van der Waals surface area contributed by atoms with E-state index in [1.807, 2.05) is 6.92 Å². The Balaban J connectivity index is 1.78. The highest BCUT2D eigenvalue weighted by molar-refractivity contribution is 7.89. The van der Waals surface area contributed by atoms with Crippen LogP contribution in [0.2, 0.25) is 0 Å². The molecule has 3 aromatic rings. The first-order valence-corrected chi connectivity index (χ1v) is 12.3. The lowest BCUT2D eigenvalue weighted by Gasteiger charge is -2.20. The molecule has 4 rings (SSSR count). The Kier molecular flexibility index (Phi) is 6.36. The number of aromatic amines is 2. The molecule has 2 aromatic heterocycles. The third-order valence-corrected chi connectivity index (χ3v) is 7.48. The van der Waals surface area contributed by atoms with Gasteiger partial charge in [0.2, 0.25) is 10.0 Å². The molecule has 0 spiro atoms. The second kappa shape index (κ2) is 9.05. The van der Waals surface area contributed by atoms with E-state index >= 15 is 0 Å². The maximum atomic E-state index is 13.1. The first kappa shape index (κ1) is 22.5. The predicted octanol–water partition coefficient (Wildman–Crippen LogP) is 2.55. The number of aromatic nitrogens is 3. The van der Waals surface area contributed by atoms with E-state index in [1.165, 1.54) is 25.7 Å². The fourth-order valence-corrected chi connectivity index (χ4v) is 5.48. The van der Waals surface area contributed by atoms with Crippen LogP contribution in [0.4, 0.5) is 0 Å². The number of aliphatic hydroxyl groups is 1. The molecule has 0 atom stereocenters. The average molecular weight is 461 g/mol. The summed E-state index contributed by atoms with van der Waals surface area (Å²) in [6.07, 6.45) is 5.67. The van der Waals surface area contributed by atoms with E-state index in [9.17, 15) is 13.2 Å². The number of H-pyrrole nitrogens is 2. The molecule has 0 bridgehead atoms. The van der Waals surface area contributed by atoms with E-state index in [4.69, 9.17) is 14.8 Å². The van der Waals surface area contributed by atoms with Gasteiger partial charge in [-0.2, -0.15) is 0 Å². The first-order valence-electron chi connectivity index (χ1n) is 10.8. The summed E-state index contributed by atoms with van der Waals surface area (Å²) in [5.74, 6) is 0.906. The molecular weight excluding hydrogens is 432 g/mol. The summed E-state index contributed by atoms with van der Waals surface area (Å²) in [6.45, 7) is 1.51. The van der Waals surface area contributed by atoms with E-state index in [2.05, 4.69) is 14.7 Å². The molecule has 0 aliphatic heterocycles. The number of benzene rings is 1. The van der Waals surface area contributed by atoms with Gasteiger partial charge in [0.05, 0.1) is 35.1 Å². The number of nitrogens with zero attached hydrogens (tertiary/aromatic N) is 1. The molecule has 1 aliphatic carbocycles. The van der Waals surface area contributed by atoms with Gasteiger partial charge in [-0.15, -0.1) is 0 Å². The van der Waals surface area contributed by atoms with E-state index in [-0.39, 0.29) is 29.4 Å². The molecule has 10 heteroatoms. The number of ether oxygens (including phenoxy) is 1. The highest BCUT2D eigenvalue weighted by atomic mass is 32.2. The molecular formula is C22H28N4O5S. The van der Waals surface area contributed by atoms with Gasteiger partial charge in [-0.25, -0.2) is 18.1 Å². The quantitative estimate of drug-likeness (QED) is 0.428. The molecule has 172 valence electrons. The summed E-state index contributed by atoms with van der Waals surface area (Å²) >= 11 is 0. The van der Waals surface area contributed by atoms with Crippen molar-refractivity contribution < 1.29 is 18.3 Å². The van der Waals surface area contributed by atoms with Crippen molar-refractivity contribution in [3.8, 4) is 17.1 Å². The summed E-state index contributed by atoms with van der Waals surface area (Å²) < 4.78 is 32.5. The Bertz CT molecular complexity index is 1290. The molecule has 0 saturated heterocycles. The average Bonchev–Trinajstić information content (AvgIpc) is 3.15. The maximum Gasteiger partial charge on any atom is 0.260 e. The topological polar surface area (TPSA) is 137 Å². The van der Waals surface area contributed by atoms with Gasteiger partial charge in [-0.3, -0.25) is 4.79 Å². The number of methoxy groups -OCH3 is 1. The van der Waals surface area contributed by atoms with Crippen LogP contribution in [-0.2, 0) is 10.0 Å². The minimum Gasteiger partial charge on any atom is -0.496 e. The van der Waals surface area contributed by atoms with Crippen molar-refractivity contribution in [3.63, 3.8) is 0 Å². The third-order valence-electron chi connectivity index (χ3n) is 6.02. The van der Waals surface area contributed by atoms with Crippen LogP contribution in [-0.4, -0.2) is 48.7 Å². The normalized spacial score (nSPS) is 15.3. The van der Waals surface area contributed by atoms with Gasteiger partial charge < -0.3 is 19.8 Å². The van der Waals surface area contributed by atoms with Crippen molar-refractivity contribution in [2.24, 2.45) is 0 Å². The van der Waals surface area contributed by atoms with Crippen LogP contribution in [0.3, 0.4) is 0 Å². The Morgan fingerprint density at radius 3 is 2.66 bits per heavy atom. The maximum absolute atomic E-state index is 13.1. The van der Waals surface area contributed by atoms with Gasteiger partial charge in [0, 0.05) is 24.0 Å². The van der Waals surface area contributed by atoms with Crippen molar-refractivity contribution in [2.75, 3.05) is 20.3 Å². The van der Waals surface area contributed by atoms with Gasteiger partial charge in [0.1, 0.15) is 11.6 Å². The number of rotatable bonds is 7. The number of aryl methyl sites for hydroxylation is 1. The molecule has 0 amide bonds. The molecule has 1 aromatic carbocycles. The Morgan fingerprint density at radius 1 is 1.22 bits per heavy atom. The zero-order valence-electron chi connectivity index (χ0n) is 18.2. The molecule has 0 radical (unpaired) electrons. The molecule has 2 heterocycles. The van der Waals surface area contributed by atoms with Crippen molar-refractivity contribution in [1.29, 1.82) is 0 Å². The fourth-order valence-electron chi connectivity index (χ4n) is 4.44. The minimum absolute atomic E-state index is 0.00705. The van der Waals surface area contributed by atoms with Gasteiger partial charge in [-0.05, 0) is 37.8 Å². The van der Waals surface area contributed by atoms with E-state index in [1.54, 1.807) is 6.07 Å². The van der Waals surface area contributed by atoms with Crippen molar-refractivity contribution in [2.45, 2.75) is 49.8 Å². The Hall–Kier alpha value is -2.69. The zero-order valence-corrected chi connectivity index (χ0v) is 19.0. The van der Waals surface area contributed by atoms with Crippen LogP contribution < -0.4 is 15.0 Å². The molecule has 0 unspecified atom stereocenters. The van der Waals surface area contributed by atoms with Crippen molar-refractivity contribution in [1.82, 2.24) is 19.7 Å². The van der Waals surface area contributed by atoms with Crippen LogP contribution in [0.5, 0.6) is 5.75 Å². The fraction of sp³-hybridized carbons (Fsp3) is 0.455. The van der Waals surface area contributed by atoms with Crippen LogP contribution in [0.1, 0.15) is 49.4 Å². The first-order chi connectivity index (χ1) is 15.4. The molecule has 1 saturated carbocycles. The number of aliphatic hydroxyl groups excluding tert-OH is 1. The summed E-state index contributed by atoms with van der Waals surface area (Å²) in [5, 5.41) is 9.50. The Labute approximate surface area is 186 Å². The van der Waals surface area contributed by atoms with Gasteiger partial charge in [0.15, 0.2) is 0 Å². The van der Waals surface area contributed by atoms with E-state index in [0.717, 1.165) is 37.1 Å². The number of hydrogen-bond donors (Lipinski definition) is 4. The van der Waals surface area contributed by atoms with Gasteiger partial charge in [0.25, 0.3) is 5.56 Å². The smallest absolute Gasteiger partial charge is 0.260 e. The van der Waals surface area contributed by atoms with Crippen molar-refractivity contribution in [3.05, 3.63) is 39.9 Å². The molecule has 32 heavy (non-hydrogen) atoms. The second-order valence-corrected chi connectivity index (χ2v) is 9.89. The molecule has 1 aliphatic rings. The van der Waals surface area contributed by atoms with Crippen LogP contribution in [0, 0.1) is 6.92 Å². The third kappa shape index (κ3) is 4.17. The number of fused-ring (bicyclic) bond motifs is 1. The summed E-state index contributed by atoms with van der Waals surface area (Å²) in [7, 11) is -2.37. The number of sulfonamides is 1. The lowest BCUT2D eigenvalue weighted by molar-refractivity contribution is 0.301. The van der Waals surface area contributed by atoms with Gasteiger partial charge >= 0.3 is 0 Å². The number of nitrogens with one attached hydrogen (secondary N) is 3. The van der Waals surface area contributed by atoms with E-state index in [0.29, 0.717) is 28.2 Å². The summed E-state index contributed by atoms with van der Waals surface area (Å²) in [6, 6.07) is 4.34. The Morgan fingerprint density at radius 2 is 1.97 bits per heavy atom. The summed E-state index contributed by atoms with van der Waals surface area (Å²) in [4.78, 5) is 24.1. The second-order valence-electron chi connectivity index (χ2n) is 8.12. The molecule has 9 nitrogen and oxygen atoms in total. The largest absolute Gasteiger partial charge is 0.496 e. The van der Waals surface area contributed by atoms with Crippen LogP contribution in [0.15, 0.2) is 27.9 Å². The molecule has 1 fully saturated rings. The summed E-state index contributed by atoms with van der Waals surface area (Å²) in [5.41, 5.74) is 2.67. The lowest BCUT2D eigenvalue weighted by Crippen LogP contribution is -2.26.